The van der Waals surface area contributed by atoms with Gasteiger partial charge >= 0.3 is 5.97 Å². The molecule has 2 fully saturated rings. The molecule has 0 aromatic carbocycles. The monoisotopic (exact) mass is 285 g/mol. The second-order valence-electron chi connectivity index (χ2n) is 5.81. The van der Waals surface area contributed by atoms with Crippen LogP contribution in [0.15, 0.2) is 0 Å². The van der Waals surface area contributed by atoms with Crippen LogP contribution in [0.1, 0.15) is 26.2 Å². The first-order chi connectivity index (χ1) is 9.51. The number of carbonyl (C=O) groups excluding carboxylic acids is 1. The number of ether oxygens (including phenoxy) is 2. The fourth-order valence-corrected chi connectivity index (χ4v) is 3.19. The van der Waals surface area contributed by atoms with Gasteiger partial charge in [0.25, 0.3) is 0 Å². The van der Waals surface area contributed by atoms with Gasteiger partial charge in [-0.3, -0.25) is 9.59 Å². The van der Waals surface area contributed by atoms with E-state index in [1.807, 2.05) is 11.8 Å². The second-order valence-corrected chi connectivity index (χ2v) is 5.81. The average molecular weight is 285 g/mol. The molecule has 114 valence electrons. The fraction of sp³-hybridized carbons (Fsp3) is 0.857. The number of carboxylic acid groups (broad SMARTS) is 1. The Bertz CT molecular complexity index is 373. The van der Waals surface area contributed by atoms with Gasteiger partial charge in [0, 0.05) is 26.1 Å². The molecule has 2 aliphatic rings. The zero-order valence-corrected chi connectivity index (χ0v) is 12.1. The Morgan fingerprint density at radius 3 is 2.60 bits per heavy atom. The van der Waals surface area contributed by atoms with E-state index >= 15 is 0 Å². The zero-order chi connectivity index (χ0) is 14.7. The number of aliphatic carboxylic acids is 1. The van der Waals surface area contributed by atoms with Crippen molar-refractivity contribution < 1.29 is 24.2 Å². The van der Waals surface area contributed by atoms with Crippen molar-refractivity contribution in [2.45, 2.75) is 38.4 Å². The number of carbonyl (C=O) groups is 2. The number of morpholine rings is 1. The Morgan fingerprint density at radius 2 is 2.00 bits per heavy atom. The predicted molar refractivity (Wildman–Crippen MR) is 71.3 cm³/mol. The van der Waals surface area contributed by atoms with Crippen molar-refractivity contribution in [3.8, 4) is 0 Å². The van der Waals surface area contributed by atoms with E-state index in [0.29, 0.717) is 39.0 Å². The fourth-order valence-electron chi connectivity index (χ4n) is 3.19. The third-order valence-corrected chi connectivity index (χ3v) is 4.12. The minimum atomic E-state index is -0.784. The molecule has 0 radical (unpaired) electrons. The van der Waals surface area contributed by atoms with Crippen molar-refractivity contribution >= 4 is 11.9 Å². The topological polar surface area (TPSA) is 76.1 Å². The summed E-state index contributed by atoms with van der Waals surface area (Å²) in [6.45, 7) is 3.52. The standard InChI is InChI=1S/C14H23NO5/c1-9-6-15(7-12(20-9)8-19-2)13(16)10-3-4-11(5-10)14(17)18/h9-12H,3-8H2,1-2H3,(H,17,18)/t9?,10-,11+,12?/m1/s1. The summed E-state index contributed by atoms with van der Waals surface area (Å²) in [5.74, 6) is -1.22. The second kappa shape index (κ2) is 6.54. The van der Waals surface area contributed by atoms with Crippen LogP contribution >= 0.6 is 0 Å². The molecule has 0 aromatic rings. The molecule has 0 bridgehead atoms. The lowest BCUT2D eigenvalue weighted by atomic mass is 10.0. The summed E-state index contributed by atoms with van der Waals surface area (Å²) < 4.78 is 10.8. The zero-order valence-electron chi connectivity index (χ0n) is 12.1. The first-order valence-corrected chi connectivity index (χ1v) is 7.17. The van der Waals surface area contributed by atoms with E-state index in [0.717, 1.165) is 0 Å². The van der Waals surface area contributed by atoms with E-state index in [1.54, 1.807) is 7.11 Å². The van der Waals surface area contributed by atoms with Gasteiger partial charge in [0.15, 0.2) is 0 Å². The number of hydrogen-bond donors (Lipinski definition) is 1. The molecule has 1 aliphatic heterocycles. The highest BCUT2D eigenvalue weighted by atomic mass is 16.5. The summed E-state index contributed by atoms with van der Waals surface area (Å²) >= 11 is 0. The maximum Gasteiger partial charge on any atom is 0.306 e. The van der Waals surface area contributed by atoms with Gasteiger partial charge in [0.1, 0.15) is 0 Å². The van der Waals surface area contributed by atoms with Crippen LogP contribution in [0.25, 0.3) is 0 Å². The van der Waals surface area contributed by atoms with Gasteiger partial charge in [-0.25, -0.2) is 0 Å². The van der Waals surface area contributed by atoms with E-state index in [2.05, 4.69) is 0 Å². The number of nitrogens with zero attached hydrogens (tertiary/aromatic N) is 1. The molecule has 6 nitrogen and oxygen atoms in total. The molecule has 1 N–H and O–H groups in total. The van der Waals surface area contributed by atoms with E-state index in [4.69, 9.17) is 14.6 Å². The molecular formula is C14H23NO5. The molecule has 20 heavy (non-hydrogen) atoms. The van der Waals surface area contributed by atoms with Gasteiger partial charge in [-0.2, -0.15) is 0 Å². The van der Waals surface area contributed by atoms with Gasteiger partial charge in [-0.05, 0) is 26.2 Å². The molecule has 4 atom stereocenters. The molecule has 0 aromatic heterocycles. The van der Waals surface area contributed by atoms with Gasteiger partial charge in [0.2, 0.25) is 5.91 Å². The summed E-state index contributed by atoms with van der Waals surface area (Å²) in [4.78, 5) is 25.3. The van der Waals surface area contributed by atoms with Crippen molar-refractivity contribution in [2.24, 2.45) is 11.8 Å². The van der Waals surface area contributed by atoms with Gasteiger partial charge in [-0.1, -0.05) is 0 Å². The smallest absolute Gasteiger partial charge is 0.306 e. The molecule has 2 rings (SSSR count). The third-order valence-electron chi connectivity index (χ3n) is 4.12. The summed E-state index contributed by atoms with van der Waals surface area (Å²) in [7, 11) is 1.61. The summed E-state index contributed by atoms with van der Waals surface area (Å²) in [6, 6.07) is 0. The van der Waals surface area contributed by atoms with Crippen LogP contribution in [0.4, 0.5) is 0 Å². The third kappa shape index (κ3) is 3.49. The lowest BCUT2D eigenvalue weighted by Crippen LogP contribution is -2.51. The maximum absolute atomic E-state index is 12.5. The number of rotatable bonds is 4. The summed E-state index contributed by atoms with van der Waals surface area (Å²) in [5.41, 5.74) is 0. The Hall–Kier alpha value is -1.14. The van der Waals surface area contributed by atoms with Crippen molar-refractivity contribution in [3.63, 3.8) is 0 Å². The lowest BCUT2D eigenvalue weighted by molar-refractivity contribution is -0.152. The summed E-state index contributed by atoms with van der Waals surface area (Å²) in [6.07, 6.45) is 1.65. The van der Waals surface area contributed by atoms with Crippen LogP contribution in [-0.4, -0.2) is 60.9 Å². The minimum Gasteiger partial charge on any atom is -0.481 e. The number of amides is 1. The molecule has 6 heteroatoms. The average Bonchev–Trinajstić information content (AvgIpc) is 2.87. The molecule has 0 spiro atoms. The SMILES string of the molecule is COCC1CN(C(=O)[C@@H]2CC[C@H](C(=O)O)C2)CC(C)O1. The van der Waals surface area contributed by atoms with Gasteiger partial charge < -0.3 is 19.5 Å². The first-order valence-electron chi connectivity index (χ1n) is 7.17. The molecule has 2 unspecified atom stereocenters. The van der Waals surface area contributed by atoms with Crippen LogP contribution in [0.5, 0.6) is 0 Å². The van der Waals surface area contributed by atoms with Crippen molar-refractivity contribution in [1.82, 2.24) is 4.90 Å². The van der Waals surface area contributed by atoms with E-state index in [9.17, 15) is 9.59 Å². The number of methoxy groups -OCH3 is 1. The van der Waals surface area contributed by atoms with Crippen LogP contribution in [0.3, 0.4) is 0 Å². The molecular weight excluding hydrogens is 262 g/mol. The quantitative estimate of drug-likeness (QED) is 0.825. The maximum atomic E-state index is 12.5. The van der Waals surface area contributed by atoms with Gasteiger partial charge in [-0.15, -0.1) is 0 Å². The normalized spacial score (nSPS) is 34.2. The lowest BCUT2D eigenvalue weighted by Gasteiger charge is -2.37. The molecule has 1 saturated carbocycles. The molecule has 1 saturated heterocycles. The Balaban J connectivity index is 1.93. The Kier molecular flexibility index (Phi) is 4.99. The highest BCUT2D eigenvalue weighted by Gasteiger charge is 2.38. The van der Waals surface area contributed by atoms with Crippen LogP contribution in [-0.2, 0) is 19.1 Å². The highest BCUT2D eigenvalue weighted by Crippen LogP contribution is 2.33. The van der Waals surface area contributed by atoms with E-state index in [-0.39, 0.29) is 30.0 Å². The minimum absolute atomic E-state index is 0.00970. The van der Waals surface area contributed by atoms with Crippen molar-refractivity contribution in [1.29, 1.82) is 0 Å². The largest absolute Gasteiger partial charge is 0.481 e. The predicted octanol–water partition coefficient (Wildman–Crippen LogP) is 0.750. The van der Waals surface area contributed by atoms with Crippen LogP contribution < -0.4 is 0 Å². The molecule has 1 heterocycles. The van der Waals surface area contributed by atoms with Crippen LogP contribution in [0.2, 0.25) is 0 Å². The van der Waals surface area contributed by atoms with Crippen molar-refractivity contribution in [2.75, 3.05) is 26.8 Å². The van der Waals surface area contributed by atoms with Crippen molar-refractivity contribution in [3.05, 3.63) is 0 Å². The highest BCUT2D eigenvalue weighted by molar-refractivity contribution is 5.81. The summed E-state index contributed by atoms with van der Waals surface area (Å²) in [5, 5.41) is 9.02. The number of hydrogen-bond acceptors (Lipinski definition) is 4. The first kappa shape index (κ1) is 15.3. The Labute approximate surface area is 119 Å². The van der Waals surface area contributed by atoms with E-state index in [1.165, 1.54) is 0 Å². The Morgan fingerprint density at radius 1 is 1.30 bits per heavy atom. The van der Waals surface area contributed by atoms with Crippen LogP contribution in [0, 0.1) is 11.8 Å². The molecule has 1 amide bonds. The molecule has 1 aliphatic carbocycles. The van der Waals surface area contributed by atoms with E-state index < -0.39 is 5.97 Å². The number of carboxylic acids is 1. The van der Waals surface area contributed by atoms with Gasteiger partial charge in [0.05, 0.1) is 24.7 Å².